The lowest BCUT2D eigenvalue weighted by atomic mass is 9.96. The number of hydrogen-bond acceptors (Lipinski definition) is 5. The largest absolute Gasteiger partial charge is 0.475 e. The maximum atomic E-state index is 13.4. The minimum atomic E-state index is -0.0485. The molecule has 1 aromatic heterocycles. The molecule has 1 amide bonds. The van der Waals surface area contributed by atoms with E-state index in [4.69, 9.17) is 14.7 Å². The van der Waals surface area contributed by atoms with Gasteiger partial charge < -0.3 is 14.5 Å². The number of ether oxygens (including phenoxy) is 1. The highest BCUT2D eigenvalue weighted by molar-refractivity contribution is 5.97. The van der Waals surface area contributed by atoms with Crippen LogP contribution in [-0.2, 0) is 11.2 Å². The molecule has 6 nitrogen and oxygen atoms in total. The molecule has 5 rings (SSSR count). The number of anilines is 2. The average Bonchev–Trinajstić information content (AvgIpc) is 3.22. The smallest absolute Gasteiger partial charge is 0.258 e. The van der Waals surface area contributed by atoms with Crippen molar-refractivity contribution < 1.29 is 9.53 Å². The molecule has 0 saturated carbocycles. The Balaban J connectivity index is 1.42. The molecule has 0 radical (unpaired) electrons. The molecule has 0 aliphatic carbocycles. The van der Waals surface area contributed by atoms with Gasteiger partial charge in [-0.2, -0.15) is 0 Å². The molecule has 6 heteroatoms. The van der Waals surface area contributed by atoms with Gasteiger partial charge in [-0.1, -0.05) is 30.3 Å². The Morgan fingerprint density at radius 2 is 1.83 bits per heavy atom. The zero-order valence-corrected chi connectivity index (χ0v) is 17.3. The molecule has 0 spiro atoms. The van der Waals surface area contributed by atoms with E-state index in [1.54, 1.807) is 0 Å². The van der Waals surface area contributed by atoms with E-state index >= 15 is 0 Å². The topological polar surface area (TPSA) is 58.6 Å². The van der Waals surface area contributed by atoms with Gasteiger partial charge in [-0.15, -0.1) is 0 Å². The van der Waals surface area contributed by atoms with Gasteiger partial charge in [0.1, 0.15) is 0 Å². The predicted octanol–water partition coefficient (Wildman–Crippen LogP) is 3.83. The number of rotatable bonds is 4. The summed E-state index contributed by atoms with van der Waals surface area (Å²) < 4.78 is 5.83. The molecule has 3 aromatic rings. The fourth-order valence-electron chi connectivity index (χ4n) is 4.57. The fraction of sp³-hybridized carbons (Fsp3) is 0.375. The lowest BCUT2D eigenvalue weighted by molar-refractivity contribution is -0.122. The third kappa shape index (κ3) is 3.36. The van der Waals surface area contributed by atoms with Crippen molar-refractivity contribution >= 4 is 28.4 Å². The maximum absolute atomic E-state index is 13.4. The maximum Gasteiger partial charge on any atom is 0.258 e. The molecule has 0 N–H and O–H groups in total. The van der Waals surface area contributed by atoms with E-state index < -0.39 is 0 Å². The summed E-state index contributed by atoms with van der Waals surface area (Å²) in [5, 5.41) is 0. The molecule has 2 aliphatic heterocycles. The molecule has 0 bridgehead atoms. The van der Waals surface area contributed by atoms with Gasteiger partial charge in [-0.25, -0.2) is 9.97 Å². The highest BCUT2D eigenvalue weighted by Crippen LogP contribution is 2.34. The quantitative estimate of drug-likeness (QED) is 0.664. The van der Waals surface area contributed by atoms with Crippen LogP contribution in [0.25, 0.3) is 11.0 Å². The predicted molar refractivity (Wildman–Crippen MR) is 118 cm³/mol. The third-order valence-electron chi connectivity index (χ3n) is 6.03. The summed E-state index contributed by atoms with van der Waals surface area (Å²) >= 11 is 0. The lowest BCUT2D eigenvalue weighted by Gasteiger charge is -2.35. The molecule has 30 heavy (non-hydrogen) atoms. The van der Waals surface area contributed by atoms with Crippen LogP contribution in [0.5, 0.6) is 5.88 Å². The fourth-order valence-corrected chi connectivity index (χ4v) is 4.57. The van der Waals surface area contributed by atoms with E-state index in [1.165, 1.54) is 5.56 Å². The summed E-state index contributed by atoms with van der Waals surface area (Å²) in [4.78, 5) is 27.1. The SMILES string of the molecule is CCOc1nc2ccccc2nc1N1CCCC(C(=O)N2CCc3ccccc32)C1. The number of hydrogen-bond donors (Lipinski definition) is 0. The van der Waals surface area contributed by atoms with E-state index in [1.807, 2.05) is 48.2 Å². The molecule has 1 saturated heterocycles. The number of nitrogens with zero attached hydrogens (tertiary/aromatic N) is 4. The zero-order chi connectivity index (χ0) is 20.5. The summed E-state index contributed by atoms with van der Waals surface area (Å²) in [7, 11) is 0. The first kappa shape index (κ1) is 18.9. The summed E-state index contributed by atoms with van der Waals surface area (Å²) in [6.07, 6.45) is 2.79. The molecule has 1 atom stereocenters. The third-order valence-corrected chi connectivity index (χ3v) is 6.03. The van der Waals surface area contributed by atoms with Gasteiger partial charge in [0.15, 0.2) is 5.82 Å². The molecular formula is C24H26N4O2. The van der Waals surface area contributed by atoms with Gasteiger partial charge in [0.2, 0.25) is 5.91 Å². The number of fused-ring (bicyclic) bond motifs is 2. The normalized spacial score (nSPS) is 18.5. The Labute approximate surface area is 176 Å². The number of carbonyl (C=O) groups is 1. The molecular weight excluding hydrogens is 376 g/mol. The monoisotopic (exact) mass is 402 g/mol. The van der Waals surface area contributed by atoms with E-state index in [9.17, 15) is 4.79 Å². The van der Waals surface area contributed by atoms with Crippen molar-refractivity contribution in [2.75, 3.05) is 36.0 Å². The second-order valence-corrected chi connectivity index (χ2v) is 7.93. The standard InChI is InChI=1S/C24H26N4O2/c1-2-30-23-22(25-19-10-4-5-11-20(19)26-23)27-14-7-9-18(16-27)24(29)28-15-13-17-8-3-6-12-21(17)28/h3-6,8,10-12,18H,2,7,9,13-16H2,1H3. The first-order valence-corrected chi connectivity index (χ1v) is 10.8. The molecule has 2 aromatic carbocycles. The Morgan fingerprint density at radius 3 is 2.67 bits per heavy atom. The minimum Gasteiger partial charge on any atom is -0.475 e. The van der Waals surface area contributed by atoms with Crippen molar-refractivity contribution in [1.82, 2.24) is 9.97 Å². The first-order valence-electron chi connectivity index (χ1n) is 10.8. The van der Waals surface area contributed by atoms with Crippen molar-refractivity contribution in [3.05, 3.63) is 54.1 Å². The van der Waals surface area contributed by atoms with Crippen LogP contribution in [0.15, 0.2) is 48.5 Å². The number of aromatic nitrogens is 2. The van der Waals surface area contributed by atoms with Gasteiger partial charge in [0, 0.05) is 25.3 Å². The van der Waals surface area contributed by atoms with Crippen LogP contribution in [0.4, 0.5) is 11.5 Å². The molecule has 3 heterocycles. The first-order chi connectivity index (χ1) is 14.7. The van der Waals surface area contributed by atoms with Gasteiger partial charge in [0.05, 0.1) is 23.6 Å². The van der Waals surface area contributed by atoms with E-state index in [0.717, 1.165) is 54.9 Å². The summed E-state index contributed by atoms with van der Waals surface area (Å²) in [6, 6.07) is 16.1. The summed E-state index contributed by atoms with van der Waals surface area (Å²) in [5.41, 5.74) is 4.00. The number of carbonyl (C=O) groups excluding carboxylic acids is 1. The summed E-state index contributed by atoms with van der Waals surface area (Å²) in [6.45, 7) is 4.75. The van der Waals surface area contributed by atoms with Crippen molar-refractivity contribution in [3.63, 3.8) is 0 Å². The van der Waals surface area contributed by atoms with E-state index in [-0.39, 0.29) is 11.8 Å². The van der Waals surface area contributed by atoms with Gasteiger partial charge in [-0.05, 0) is 49.9 Å². The lowest BCUT2D eigenvalue weighted by Crippen LogP contribution is -2.45. The van der Waals surface area contributed by atoms with Crippen molar-refractivity contribution in [1.29, 1.82) is 0 Å². The van der Waals surface area contributed by atoms with Gasteiger partial charge >= 0.3 is 0 Å². The number of amides is 1. The van der Waals surface area contributed by atoms with Crippen LogP contribution in [0.1, 0.15) is 25.3 Å². The zero-order valence-electron chi connectivity index (χ0n) is 17.3. The highest BCUT2D eigenvalue weighted by Gasteiger charge is 2.34. The van der Waals surface area contributed by atoms with Crippen LogP contribution in [0.3, 0.4) is 0 Å². The van der Waals surface area contributed by atoms with Crippen molar-refractivity contribution in [3.8, 4) is 5.88 Å². The van der Waals surface area contributed by atoms with Crippen LogP contribution in [-0.4, -0.2) is 42.1 Å². The second kappa shape index (κ2) is 7.94. The minimum absolute atomic E-state index is 0.0485. The Morgan fingerprint density at radius 1 is 1.07 bits per heavy atom. The molecule has 1 fully saturated rings. The van der Waals surface area contributed by atoms with Crippen LogP contribution in [0, 0.1) is 5.92 Å². The van der Waals surface area contributed by atoms with Crippen molar-refractivity contribution in [2.24, 2.45) is 5.92 Å². The average molecular weight is 402 g/mol. The Kier molecular flexibility index (Phi) is 4.99. The number of para-hydroxylation sites is 3. The van der Waals surface area contributed by atoms with Gasteiger partial charge in [-0.3, -0.25) is 4.79 Å². The highest BCUT2D eigenvalue weighted by atomic mass is 16.5. The van der Waals surface area contributed by atoms with Gasteiger partial charge in [0.25, 0.3) is 5.88 Å². The van der Waals surface area contributed by atoms with Crippen LogP contribution in [0.2, 0.25) is 0 Å². The van der Waals surface area contributed by atoms with Crippen molar-refractivity contribution in [2.45, 2.75) is 26.2 Å². The Bertz CT molecular complexity index is 1080. The Hall–Kier alpha value is -3.15. The van der Waals surface area contributed by atoms with Crippen LogP contribution < -0.4 is 14.5 Å². The van der Waals surface area contributed by atoms with E-state index in [2.05, 4.69) is 17.0 Å². The second-order valence-electron chi connectivity index (χ2n) is 7.93. The summed E-state index contributed by atoms with van der Waals surface area (Å²) in [5.74, 6) is 1.47. The molecule has 2 aliphatic rings. The number of piperidine rings is 1. The molecule has 1 unspecified atom stereocenters. The van der Waals surface area contributed by atoms with E-state index in [0.29, 0.717) is 19.0 Å². The number of benzene rings is 2. The van der Waals surface area contributed by atoms with Crippen LogP contribution >= 0.6 is 0 Å². The molecule has 154 valence electrons.